The highest BCUT2D eigenvalue weighted by molar-refractivity contribution is 8.01. The van der Waals surface area contributed by atoms with Crippen molar-refractivity contribution in [2.75, 3.05) is 19.4 Å². The van der Waals surface area contributed by atoms with Crippen molar-refractivity contribution in [3.63, 3.8) is 0 Å². The Morgan fingerprint density at radius 3 is 2.82 bits per heavy atom. The highest BCUT2D eigenvalue weighted by Crippen LogP contribution is 2.24. The van der Waals surface area contributed by atoms with Gasteiger partial charge in [-0.05, 0) is 29.5 Å². The Balaban J connectivity index is 1.41. The van der Waals surface area contributed by atoms with Gasteiger partial charge in [-0.1, -0.05) is 36.0 Å². The standard InChI is InChI=1S/C20H20N2O3S3/c1-25-17-6-3-2-5-14(17)8-9-21-19(24)11-15-12-27-20(22-15)28-13-16(23)18-7-4-10-26-18/h2-7,10,12H,8-9,11,13H2,1H3,(H,21,24). The quantitative estimate of drug-likeness (QED) is 0.386. The minimum atomic E-state index is -0.0635. The maximum atomic E-state index is 12.2. The summed E-state index contributed by atoms with van der Waals surface area (Å²) in [6, 6.07) is 11.5. The number of methoxy groups -OCH3 is 1. The van der Waals surface area contributed by atoms with E-state index in [-0.39, 0.29) is 18.1 Å². The summed E-state index contributed by atoms with van der Waals surface area (Å²) >= 11 is 4.32. The van der Waals surface area contributed by atoms with Gasteiger partial charge in [-0.3, -0.25) is 9.59 Å². The molecule has 1 aromatic carbocycles. The first-order chi connectivity index (χ1) is 13.7. The summed E-state index contributed by atoms with van der Waals surface area (Å²) in [7, 11) is 1.64. The van der Waals surface area contributed by atoms with Gasteiger partial charge in [-0.25, -0.2) is 4.98 Å². The molecule has 0 saturated carbocycles. The Bertz CT molecular complexity index is 922. The van der Waals surface area contributed by atoms with Crippen molar-refractivity contribution in [3.05, 3.63) is 63.3 Å². The molecular formula is C20H20N2O3S3. The second-order valence-corrected chi connectivity index (χ2v) is 8.91. The number of thiophene rings is 1. The lowest BCUT2D eigenvalue weighted by Gasteiger charge is -2.08. The van der Waals surface area contributed by atoms with Crippen LogP contribution in [-0.2, 0) is 17.6 Å². The summed E-state index contributed by atoms with van der Waals surface area (Å²) in [5.74, 6) is 1.23. The normalized spacial score (nSPS) is 10.6. The SMILES string of the molecule is COc1ccccc1CCNC(=O)Cc1csc(SCC(=O)c2cccs2)n1. The van der Waals surface area contributed by atoms with Crippen LogP contribution in [0.4, 0.5) is 0 Å². The molecule has 0 atom stereocenters. The fraction of sp³-hybridized carbons (Fsp3) is 0.250. The minimum absolute atomic E-state index is 0.0635. The molecule has 0 aliphatic heterocycles. The second-order valence-electron chi connectivity index (χ2n) is 5.88. The number of amides is 1. The molecule has 2 aromatic heterocycles. The number of rotatable bonds is 10. The van der Waals surface area contributed by atoms with E-state index in [1.807, 2.05) is 47.2 Å². The summed E-state index contributed by atoms with van der Waals surface area (Å²) in [6.45, 7) is 0.542. The highest BCUT2D eigenvalue weighted by Gasteiger charge is 2.12. The Morgan fingerprint density at radius 2 is 2.04 bits per heavy atom. The number of nitrogens with zero attached hydrogens (tertiary/aromatic N) is 1. The molecule has 2 heterocycles. The molecule has 0 bridgehead atoms. The number of nitrogens with one attached hydrogen (secondary N) is 1. The first kappa shape index (κ1) is 20.6. The molecule has 0 spiro atoms. The molecule has 1 N–H and O–H groups in total. The van der Waals surface area contributed by atoms with Gasteiger partial charge >= 0.3 is 0 Å². The zero-order valence-corrected chi connectivity index (χ0v) is 17.8. The number of carbonyl (C=O) groups excluding carboxylic acids is 2. The van der Waals surface area contributed by atoms with Crippen molar-refractivity contribution in [2.45, 2.75) is 17.2 Å². The number of hydrogen-bond donors (Lipinski definition) is 1. The third-order valence-electron chi connectivity index (χ3n) is 3.90. The van der Waals surface area contributed by atoms with Crippen molar-refractivity contribution >= 4 is 46.1 Å². The average Bonchev–Trinajstić information content (AvgIpc) is 3.39. The molecule has 3 rings (SSSR count). The molecule has 5 nitrogen and oxygen atoms in total. The summed E-state index contributed by atoms with van der Waals surface area (Å²) in [5, 5.41) is 6.69. The summed E-state index contributed by atoms with van der Waals surface area (Å²) in [5.41, 5.74) is 1.79. The van der Waals surface area contributed by atoms with Gasteiger partial charge < -0.3 is 10.1 Å². The van der Waals surface area contributed by atoms with E-state index >= 15 is 0 Å². The number of thioether (sulfide) groups is 1. The van der Waals surface area contributed by atoms with Crippen LogP contribution >= 0.6 is 34.4 Å². The molecule has 8 heteroatoms. The first-order valence-corrected chi connectivity index (χ1v) is 11.4. The summed E-state index contributed by atoms with van der Waals surface area (Å²) in [6.07, 6.45) is 0.945. The maximum Gasteiger partial charge on any atom is 0.226 e. The zero-order valence-electron chi connectivity index (χ0n) is 15.3. The number of ether oxygens (including phenoxy) is 1. The molecule has 0 radical (unpaired) electrons. The monoisotopic (exact) mass is 432 g/mol. The van der Waals surface area contributed by atoms with Crippen LogP contribution in [-0.4, -0.2) is 36.1 Å². The van der Waals surface area contributed by atoms with Crippen LogP contribution in [0.3, 0.4) is 0 Å². The number of para-hydroxylation sites is 1. The number of ketones is 1. The van der Waals surface area contributed by atoms with Gasteiger partial charge in [0.15, 0.2) is 10.1 Å². The molecule has 28 heavy (non-hydrogen) atoms. The van der Waals surface area contributed by atoms with E-state index < -0.39 is 0 Å². The number of aromatic nitrogens is 1. The lowest BCUT2D eigenvalue weighted by Crippen LogP contribution is -2.27. The van der Waals surface area contributed by atoms with E-state index in [4.69, 9.17) is 4.74 Å². The van der Waals surface area contributed by atoms with E-state index in [1.165, 1.54) is 34.4 Å². The number of carbonyl (C=O) groups is 2. The van der Waals surface area contributed by atoms with Gasteiger partial charge in [0.1, 0.15) is 5.75 Å². The lowest BCUT2D eigenvalue weighted by atomic mass is 10.1. The van der Waals surface area contributed by atoms with Crippen molar-refractivity contribution in [3.8, 4) is 5.75 Å². The van der Waals surface area contributed by atoms with Gasteiger partial charge in [0.2, 0.25) is 5.91 Å². The Labute approximate surface area is 176 Å². The predicted octanol–water partition coefficient (Wildman–Crippen LogP) is 4.09. The van der Waals surface area contributed by atoms with Crippen LogP contribution in [0.1, 0.15) is 20.9 Å². The fourth-order valence-electron chi connectivity index (χ4n) is 2.54. The zero-order chi connectivity index (χ0) is 19.8. The number of thiazole rings is 1. The van der Waals surface area contributed by atoms with E-state index in [9.17, 15) is 9.59 Å². The third-order valence-corrected chi connectivity index (χ3v) is 6.88. The average molecular weight is 433 g/mol. The Hall–Kier alpha value is -2.16. The fourth-order valence-corrected chi connectivity index (χ4v) is 5.03. The highest BCUT2D eigenvalue weighted by atomic mass is 32.2. The Morgan fingerprint density at radius 1 is 1.18 bits per heavy atom. The van der Waals surface area contributed by atoms with Gasteiger partial charge in [-0.2, -0.15) is 0 Å². The van der Waals surface area contributed by atoms with Crippen molar-refractivity contribution in [1.29, 1.82) is 0 Å². The topological polar surface area (TPSA) is 68.3 Å². The Kier molecular flexibility index (Phi) is 7.64. The van der Waals surface area contributed by atoms with Crippen molar-refractivity contribution in [1.82, 2.24) is 10.3 Å². The van der Waals surface area contributed by atoms with Gasteiger partial charge in [-0.15, -0.1) is 22.7 Å². The molecule has 0 aliphatic rings. The van der Waals surface area contributed by atoms with E-state index in [2.05, 4.69) is 10.3 Å². The molecule has 0 fully saturated rings. The van der Waals surface area contributed by atoms with Gasteiger partial charge in [0, 0.05) is 11.9 Å². The molecular weight excluding hydrogens is 412 g/mol. The number of benzene rings is 1. The van der Waals surface area contributed by atoms with Crippen LogP contribution < -0.4 is 10.1 Å². The van der Waals surface area contributed by atoms with Gasteiger partial charge in [0.05, 0.1) is 29.9 Å². The third kappa shape index (κ3) is 5.92. The summed E-state index contributed by atoms with van der Waals surface area (Å²) < 4.78 is 6.12. The van der Waals surface area contributed by atoms with Crippen molar-refractivity contribution < 1.29 is 14.3 Å². The van der Waals surface area contributed by atoms with E-state index in [0.717, 1.165) is 26.2 Å². The predicted molar refractivity (Wildman–Crippen MR) is 115 cm³/mol. The molecule has 146 valence electrons. The maximum absolute atomic E-state index is 12.2. The van der Waals surface area contributed by atoms with Crippen LogP contribution in [0.15, 0.2) is 51.5 Å². The molecule has 3 aromatic rings. The molecule has 0 unspecified atom stereocenters. The lowest BCUT2D eigenvalue weighted by molar-refractivity contribution is -0.120. The van der Waals surface area contributed by atoms with Crippen molar-refractivity contribution in [2.24, 2.45) is 0 Å². The van der Waals surface area contributed by atoms with E-state index in [0.29, 0.717) is 18.7 Å². The smallest absolute Gasteiger partial charge is 0.226 e. The van der Waals surface area contributed by atoms with Gasteiger partial charge in [0.25, 0.3) is 0 Å². The largest absolute Gasteiger partial charge is 0.496 e. The second kappa shape index (κ2) is 10.4. The van der Waals surface area contributed by atoms with Crippen LogP contribution in [0, 0.1) is 0 Å². The number of Topliss-reactive ketones (excluding diaryl/α,β-unsaturated/α-hetero) is 1. The first-order valence-electron chi connectivity index (χ1n) is 8.68. The molecule has 1 amide bonds. The molecule has 0 saturated heterocycles. The van der Waals surface area contributed by atoms with Crippen LogP contribution in [0.25, 0.3) is 0 Å². The molecule has 0 aliphatic carbocycles. The van der Waals surface area contributed by atoms with E-state index in [1.54, 1.807) is 7.11 Å². The van der Waals surface area contributed by atoms with Crippen LogP contribution in [0.2, 0.25) is 0 Å². The summed E-state index contributed by atoms with van der Waals surface area (Å²) in [4.78, 5) is 29.4. The van der Waals surface area contributed by atoms with Crippen LogP contribution in [0.5, 0.6) is 5.75 Å². The number of hydrogen-bond acceptors (Lipinski definition) is 7. The minimum Gasteiger partial charge on any atom is -0.496 e.